The molecule has 0 aliphatic rings. The molecular weight excluding hydrogens is 410 g/mol. The standard InChI is InChI=1S/C17H16Cl4O2S/c18-13-3-2-12(16(20)6-13)9-24-10-14(22)8-23-7-11-1-4-15(19)17(21)5-11/h1-6,14,22H,7-10H2. The molecule has 1 atom stereocenters. The summed E-state index contributed by atoms with van der Waals surface area (Å²) in [5.74, 6) is 1.26. The molecule has 2 aromatic carbocycles. The Morgan fingerprint density at radius 2 is 1.75 bits per heavy atom. The van der Waals surface area contributed by atoms with E-state index in [2.05, 4.69) is 0 Å². The van der Waals surface area contributed by atoms with Crippen molar-refractivity contribution in [1.29, 1.82) is 0 Å². The van der Waals surface area contributed by atoms with Crippen LogP contribution in [0.2, 0.25) is 20.1 Å². The van der Waals surface area contributed by atoms with Gasteiger partial charge in [-0.2, -0.15) is 11.8 Å². The highest BCUT2D eigenvalue weighted by molar-refractivity contribution is 7.98. The number of aliphatic hydroxyl groups excluding tert-OH is 1. The summed E-state index contributed by atoms with van der Waals surface area (Å²) in [4.78, 5) is 0. The van der Waals surface area contributed by atoms with Gasteiger partial charge in [0.2, 0.25) is 0 Å². The van der Waals surface area contributed by atoms with Gasteiger partial charge in [-0.3, -0.25) is 0 Å². The van der Waals surface area contributed by atoms with Crippen LogP contribution in [0.4, 0.5) is 0 Å². The Balaban J connectivity index is 1.67. The van der Waals surface area contributed by atoms with Crippen molar-refractivity contribution in [2.24, 2.45) is 0 Å². The van der Waals surface area contributed by atoms with Gasteiger partial charge in [0.1, 0.15) is 0 Å². The fraction of sp³-hybridized carbons (Fsp3) is 0.294. The Morgan fingerprint density at radius 3 is 2.46 bits per heavy atom. The van der Waals surface area contributed by atoms with Gasteiger partial charge in [-0.25, -0.2) is 0 Å². The zero-order chi connectivity index (χ0) is 17.5. The maximum absolute atomic E-state index is 9.97. The molecule has 0 amide bonds. The van der Waals surface area contributed by atoms with Gasteiger partial charge in [0.05, 0.1) is 29.4 Å². The first-order valence-electron chi connectivity index (χ1n) is 7.17. The largest absolute Gasteiger partial charge is 0.390 e. The molecule has 24 heavy (non-hydrogen) atoms. The third-order valence-electron chi connectivity index (χ3n) is 3.15. The SMILES string of the molecule is OC(COCc1ccc(Cl)c(Cl)c1)CSCc1ccc(Cl)cc1Cl. The molecule has 0 saturated carbocycles. The van der Waals surface area contributed by atoms with Crippen molar-refractivity contribution in [2.45, 2.75) is 18.5 Å². The second-order valence-corrected chi connectivity index (χ2v) is 7.86. The summed E-state index contributed by atoms with van der Waals surface area (Å²) in [5.41, 5.74) is 1.91. The van der Waals surface area contributed by atoms with Crippen LogP contribution in [-0.2, 0) is 17.1 Å². The van der Waals surface area contributed by atoms with Gasteiger partial charge in [-0.05, 0) is 35.4 Å². The quantitative estimate of drug-likeness (QED) is 0.553. The lowest BCUT2D eigenvalue weighted by Gasteiger charge is -2.12. The van der Waals surface area contributed by atoms with E-state index < -0.39 is 6.10 Å². The normalized spacial score (nSPS) is 12.4. The van der Waals surface area contributed by atoms with Crippen LogP contribution in [0.15, 0.2) is 36.4 Å². The van der Waals surface area contributed by atoms with E-state index in [0.717, 1.165) is 11.1 Å². The molecule has 1 unspecified atom stereocenters. The molecule has 2 aromatic rings. The molecule has 0 aromatic heterocycles. The van der Waals surface area contributed by atoms with Gasteiger partial charge < -0.3 is 9.84 Å². The predicted octanol–water partition coefficient (Wildman–Crippen LogP) is 6.11. The predicted molar refractivity (Wildman–Crippen MR) is 105 cm³/mol. The molecule has 2 rings (SSSR count). The summed E-state index contributed by atoms with van der Waals surface area (Å²) in [6.07, 6.45) is -0.552. The highest BCUT2D eigenvalue weighted by atomic mass is 35.5. The summed E-state index contributed by atoms with van der Waals surface area (Å²) in [7, 11) is 0. The Bertz CT molecular complexity index is 682. The van der Waals surface area contributed by atoms with E-state index in [-0.39, 0.29) is 6.61 Å². The lowest BCUT2D eigenvalue weighted by molar-refractivity contribution is 0.0398. The number of rotatable bonds is 8. The van der Waals surface area contributed by atoms with E-state index in [1.54, 1.807) is 36.0 Å². The van der Waals surface area contributed by atoms with Crippen LogP contribution < -0.4 is 0 Å². The first-order valence-corrected chi connectivity index (χ1v) is 9.84. The lowest BCUT2D eigenvalue weighted by atomic mass is 10.2. The molecule has 0 bridgehead atoms. The summed E-state index contributed by atoms with van der Waals surface area (Å²) in [6, 6.07) is 10.7. The molecular formula is C17H16Cl4O2S. The summed E-state index contributed by atoms with van der Waals surface area (Å²) in [6.45, 7) is 0.628. The number of aliphatic hydroxyl groups is 1. The highest BCUT2D eigenvalue weighted by Crippen LogP contribution is 2.25. The first-order chi connectivity index (χ1) is 11.5. The second kappa shape index (κ2) is 10.1. The van der Waals surface area contributed by atoms with Crippen LogP contribution in [0.25, 0.3) is 0 Å². The van der Waals surface area contributed by atoms with Crippen molar-refractivity contribution in [3.63, 3.8) is 0 Å². The van der Waals surface area contributed by atoms with Crippen molar-refractivity contribution in [1.82, 2.24) is 0 Å². The second-order valence-electron chi connectivity index (χ2n) is 5.17. The molecule has 0 radical (unpaired) electrons. The van der Waals surface area contributed by atoms with Gasteiger partial charge >= 0.3 is 0 Å². The fourth-order valence-corrected chi connectivity index (χ4v) is 3.77. The Hall–Kier alpha value is -0.130. The Morgan fingerprint density at radius 1 is 0.958 bits per heavy atom. The third kappa shape index (κ3) is 6.64. The van der Waals surface area contributed by atoms with Crippen molar-refractivity contribution >= 4 is 58.2 Å². The van der Waals surface area contributed by atoms with Crippen LogP contribution in [0, 0.1) is 0 Å². The van der Waals surface area contributed by atoms with Crippen LogP contribution in [0.5, 0.6) is 0 Å². The molecule has 0 heterocycles. The monoisotopic (exact) mass is 424 g/mol. The Labute approximate surface area is 166 Å². The van der Waals surface area contributed by atoms with E-state index in [4.69, 9.17) is 51.1 Å². The van der Waals surface area contributed by atoms with Crippen molar-refractivity contribution in [2.75, 3.05) is 12.4 Å². The molecule has 1 N–H and O–H groups in total. The van der Waals surface area contributed by atoms with E-state index in [9.17, 15) is 5.11 Å². The van der Waals surface area contributed by atoms with Gasteiger partial charge in [0, 0.05) is 21.6 Å². The maximum atomic E-state index is 9.97. The van der Waals surface area contributed by atoms with Crippen LogP contribution in [0.3, 0.4) is 0 Å². The topological polar surface area (TPSA) is 29.5 Å². The van der Waals surface area contributed by atoms with Crippen LogP contribution in [0.1, 0.15) is 11.1 Å². The van der Waals surface area contributed by atoms with Crippen molar-refractivity contribution in [3.05, 3.63) is 67.6 Å². The van der Waals surface area contributed by atoms with Crippen LogP contribution >= 0.6 is 58.2 Å². The molecule has 0 aliphatic carbocycles. The number of ether oxygens (including phenoxy) is 1. The first kappa shape index (κ1) is 20.2. The molecule has 2 nitrogen and oxygen atoms in total. The van der Waals surface area contributed by atoms with Gasteiger partial charge in [-0.15, -0.1) is 0 Å². The molecule has 130 valence electrons. The number of halogens is 4. The average Bonchev–Trinajstić information content (AvgIpc) is 2.53. The summed E-state index contributed by atoms with van der Waals surface area (Å²) < 4.78 is 5.51. The minimum absolute atomic E-state index is 0.252. The zero-order valence-corrected chi connectivity index (χ0v) is 16.5. The third-order valence-corrected chi connectivity index (χ3v) is 5.61. The average molecular weight is 426 g/mol. The van der Waals surface area contributed by atoms with E-state index in [1.807, 2.05) is 12.1 Å². The lowest BCUT2D eigenvalue weighted by Crippen LogP contribution is -2.18. The smallest absolute Gasteiger partial charge is 0.0864 e. The number of hydrogen-bond acceptors (Lipinski definition) is 3. The molecule has 0 saturated heterocycles. The molecule has 0 fully saturated rings. The van der Waals surface area contributed by atoms with Crippen molar-refractivity contribution < 1.29 is 9.84 Å². The minimum Gasteiger partial charge on any atom is -0.390 e. The zero-order valence-electron chi connectivity index (χ0n) is 12.6. The maximum Gasteiger partial charge on any atom is 0.0864 e. The van der Waals surface area contributed by atoms with E-state index in [1.165, 1.54) is 0 Å². The minimum atomic E-state index is -0.552. The van der Waals surface area contributed by atoms with Gasteiger partial charge in [0.15, 0.2) is 0 Å². The number of thioether (sulfide) groups is 1. The number of benzene rings is 2. The van der Waals surface area contributed by atoms with E-state index >= 15 is 0 Å². The Kier molecular flexibility index (Phi) is 8.52. The number of hydrogen-bond donors (Lipinski definition) is 1. The molecule has 7 heteroatoms. The molecule has 0 spiro atoms. The van der Waals surface area contributed by atoms with Gasteiger partial charge in [-0.1, -0.05) is 58.5 Å². The summed E-state index contributed by atoms with van der Waals surface area (Å²) in [5, 5.41) is 12.2. The van der Waals surface area contributed by atoms with Gasteiger partial charge in [0.25, 0.3) is 0 Å². The highest BCUT2D eigenvalue weighted by Gasteiger charge is 2.07. The van der Waals surface area contributed by atoms with E-state index in [0.29, 0.717) is 38.2 Å². The fourth-order valence-electron chi connectivity index (χ4n) is 1.93. The van der Waals surface area contributed by atoms with Crippen molar-refractivity contribution in [3.8, 4) is 0 Å². The summed E-state index contributed by atoms with van der Waals surface area (Å²) >= 11 is 25.4. The molecule has 0 aliphatic heterocycles. The van der Waals surface area contributed by atoms with Crippen LogP contribution in [-0.4, -0.2) is 23.6 Å².